The van der Waals surface area contributed by atoms with Gasteiger partial charge < -0.3 is 4.74 Å². The van der Waals surface area contributed by atoms with E-state index in [0.29, 0.717) is 11.4 Å². The first kappa shape index (κ1) is 18.7. The number of carbonyl (C=O) groups is 1. The number of carbonyl (C=O) groups excluding carboxylic acids is 1. The largest absolute Gasteiger partial charge is 0.458 e. The van der Waals surface area contributed by atoms with E-state index in [2.05, 4.69) is 10.1 Å². The molecule has 0 fully saturated rings. The van der Waals surface area contributed by atoms with Crippen LogP contribution in [-0.4, -0.2) is 25.7 Å². The average molecular weight is 386 g/mol. The van der Waals surface area contributed by atoms with Crippen molar-refractivity contribution in [2.75, 3.05) is 0 Å². The second-order valence-electron chi connectivity index (χ2n) is 6.10. The number of hydrogen-bond donors (Lipinski definition) is 0. The van der Waals surface area contributed by atoms with Crippen molar-refractivity contribution < 1.29 is 14.5 Å². The van der Waals surface area contributed by atoms with Gasteiger partial charge in [-0.1, -0.05) is 29.8 Å². The summed E-state index contributed by atoms with van der Waals surface area (Å²) in [5.74, 6) is -0.527. The predicted molar refractivity (Wildman–Crippen MR) is 100 cm³/mol. The Morgan fingerprint density at radius 1 is 1.26 bits per heavy atom. The van der Waals surface area contributed by atoms with Crippen LogP contribution in [0, 0.1) is 30.9 Å². The highest BCUT2D eigenvalue weighted by molar-refractivity contribution is 7.13. The molecule has 2 aromatic heterocycles. The Morgan fingerprint density at radius 2 is 1.96 bits per heavy atom. The molecule has 0 unspecified atom stereocenters. The van der Waals surface area contributed by atoms with E-state index in [0.717, 1.165) is 10.6 Å². The summed E-state index contributed by atoms with van der Waals surface area (Å²) in [6.45, 7) is 4.97. The highest BCUT2D eigenvalue weighted by Gasteiger charge is 2.23. The van der Waals surface area contributed by atoms with Crippen molar-refractivity contribution in [2.45, 2.75) is 33.9 Å². The average Bonchev–Trinajstić information content (AvgIpc) is 3.18. The van der Waals surface area contributed by atoms with E-state index in [-0.39, 0.29) is 24.5 Å². The van der Waals surface area contributed by atoms with E-state index in [1.807, 2.05) is 36.6 Å². The molecule has 0 spiro atoms. The van der Waals surface area contributed by atoms with Crippen molar-refractivity contribution in [2.24, 2.45) is 0 Å². The molecular weight excluding hydrogens is 368 g/mol. The Bertz CT molecular complexity index is 991. The van der Waals surface area contributed by atoms with Crippen LogP contribution in [0.3, 0.4) is 0 Å². The van der Waals surface area contributed by atoms with Crippen LogP contribution in [-0.2, 0) is 22.7 Å². The number of rotatable bonds is 6. The van der Waals surface area contributed by atoms with Gasteiger partial charge in [0, 0.05) is 10.9 Å². The fourth-order valence-electron chi connectivity index (χ4n) is 2.63. The summed E-state index contributed by atoms with van der Waals surface area (Å²) >= 11 is 1.48. The minimum absolute atomic E-state index is 0.0442. The molecule has 0 atom stereocenters. The minimum atomic E-state index is -0.527. The number of benzene rings is 1. The SMILES string of the molecule is Cc1ccc(-c2nc(COC(=O)Cn3nc(C)c([N+](=O)[O-])c3C)cs2)cc1. The number of ether oxygens (including phenoxy) is 1. The van der Waals surface area contributed by atoms with Crippen LogP contribution in [0.5, 0.6) is 0 Å². The molecule has 0 saturated carbocycles. The molecule has 0 aliphatic carbocycles. The number of hydrogen-bond acceptors (Lipinski definition) is 7. The Balaban J connectivity index is 1.61. The van der Waals surface area contributed by atoms with Gasteiger partial charge in [0.25, 0.3) is 0 Å². The van der Waals surface area contributed by atoms with Crippen LogP contribution in [0.1, 0.15) is 22.6 Å². The van der Waals surface area contributed by atoms with E-state index in [1.54, 1.807) is 6.92 Å². The van der Waals surface area contributed by atoms with Crippen LogP contribution in [0.25, 0.3) is 10.6 Å². The molecule has 27 heavy (non-hydrogen) atoms. The molecule has 0 bridgehead atoms. The molecule has 140 valence electrons. The molecule has 0 radical (unpaired) electrons. The summed E-state index contributed by atoms with van der Waals surface area (Å²) in [5.41, 5.74) is 3.36. The maximum atomic E-state index is 12.1. The lowest BCUT2D eigenvalue weighted by molar-refractivity contribution is -0.386. The molecule has 1 aromatic carbocycles. The fourth-order valence-corrected chi connectivity index (χ4v) is 3.44. The lowest BCUT2D eigenvalue weighted by Gasteiger charge is -2.04. The Hall–Kier alpha value is -3.07. The van der Waals surface area contributed by atoms with Gasteiger partial charge in [-0.15, -0.1) is 11.3 Å². The van der Waals surface area contributed by atoms with Gasteiger partial charge in [-0.05, 0) is 20.8 Å². The molecule has 0 N–H and O–H groups in total. The molecule has 0 saturated heterocycles. The summed E-state index contributed by atoms with van der Waals surface area (Å²) in [6, 6.07) is 8.04. The lowest BCUT2D eigenvalue weighted by Crippen LogP contribution is -2.15. The number of aromatic nitrogens is 3. The van der Waals surface area contributed by atoms with E-state index in [1.165, 1.54) is 28.5 Å². The third-order valence-corrected chi connectivity index (χ3v) is 4.98. The topological polar surface area (TPSA) is 100 Å². The molecule has 2 heterocycles. The number of aryl methyl sites for hydroxylation is 2. The number of nitro groups is 1. The van der Waals surface area contributed by atoms with Crippen LogP contribution in [0.15, 0.2) is 29.6 Å². The maximum absolute atomic E-state index is 12.1. The van der Waals surface area contributed by atoms with E-state index in [4.69, 9.17) is 4.74 Å². The second kappa shape index (κ2) is 7.67. The zero-order chi connectivity index (χ0) is 19.6. The number of nitrogens with zero attached hydrogens (tertiary/aromatic N) is 4. The summed E-state index contributed by atoms with van der Waals surface area (Å²) in [7, 11) is 0. The van der Waals surface area contributed by atoms with Crippen molar-refractivity contribution in [3.8, 4) is 10.6 Å². The van der Waals surface area contributed by atoms with Crippen LogP contribution >= 0.6 is 11.3 Å². The minimum Gasteiger partial charge on any atom is -0.458 e. The van der Waals surface area contributed by atoms with Crippen molar-refractivity contribution in [1.82, 2.24) is 14.8 Å². The molecule has 0 aliphatic heterocycles. The van der Waals surface area contributed by atoms with Gasteiger partial charge in [-0.3, -0.25) is 19.6 Å². The summed E-state index contributed by atoms with van der Waals surface area (Å²) in [4.78, 5) is 27.1. The molecule has 3 aromatic rings. The smallest absolute Gasteiger partial charge is 0.328 e. The monoisotopic (exact) mass is 386 g/mol. The Labute approximate surface area is 159 Å². The van der Waals surface area contributed by atoms with Crippen molar-refractivity contribution in [3.05, 3.63) is 62.4 Å². The normalized spacial score (nSPS) is 10.8. The van der Waals surface area contributed by atoms with Gasteiger partial charge in [-0.25, -0.2) is 4.98 Å². The van der Waals surface area contributed by atoms with Gasteiger partial charge >= 0.3 is 11.7 Å². The third kappa shape index (κ3) is 4.20. The summed E-state index contributed by atoms with van der Waals surface area (Å²) in [5, 5.41) is 17.8. The highest BCUT2D eigenvalue weighted by Crippen LogP contribution is 2.24. The Kier molecular flexibility index (Phi) is 5.31. The van der Waals surface area contributed by atoms with Crippen molar-refractivity contribution >= 4 is 23.0 Å². The maximum Gasteiger partial charge on any atom is 0.328 e. The van der Waals surface area contributed by atoms with E-state index in [9.17, 15) is 14.9 Å². The lowest BCUT2D eigenvalue weighted by atomic mass is 10.2. The summed E-state index contributed by atoms with van der Waals surface area (Å²) in [6.07, 6.45) is 0. The van der Waals surface area contributed by atoms with Crippen molar-refractivity contribution in [1.29, 1.82) is 0 Å². The first-order chi connectivity index (χ1) is 12.8. The first-order valence-electron chi connectivity index (χ1n) is 8.20. The fraction of sp³-hybridized carbons (Fsp3) is 0.278. The van der Waals surface area contributed by atoms with E-state index < -0.39 is 10.9 Å². The van der Waals surface area contributed by atoms with Gasteiger partial charge in [0.1, 0.15) is 29.5 Å². The van der Waals surface area contributed by atoms with Crippen LogP contribution in [0.2, 0.25) is 0 Å². The second-order valence-corrected chi connectivity index (χ2v) is 6.96. The number of thiazole rings is 1. The predicted octanol–water partition coefficient (Wildman–Crippen LogP) is 3.58. The molecule has 9 heteroatoms. The number of esters is 1. The van der Waals surface area contributed by atoms with Crippen molar-refractivity contribution in [3.63, 3.8) is 0 Å². The first-order valence-corrected chi connectivity index (χ1v) is 9.08. The van der Waals surface area contributed by atoms with Crippen LogP contribution in [0.4, 0.5) is 5.69 Å². The van der Waals surface area contributed by atoms with Gasteiger partial charge in [-0.2, -0.15) is 5.10 Å². The summed E-state index contributed by atoms with van der Waals surface area (Å²) < 4.78 is 6.53. The molecular formula is C18H18N4O4S. The highest BCUT2D eigenvalue weighted by atomic mass is 32.1. The van der Waals surface area contributed by atoms with Crippen LogP contribution < -0.4 is 0 Å². The molecule has 0 aliphatic rings. The molecule has 3 rings (SSSR count). The van der Waals surface area contributed by atoms with Gasteiger partial charge in [0.2, 0.25) is 0 Å². The quantitative estimate of drug-likeness (QED) is 0.365. The van der Waals surface area contributed by atoms with Gasteiger partial charge in [0.15, 0.2) is 0 Å². The molecule has 0 amide bonds. The van der Waals surface area contributed by atoms with Gasteiger partial charge in [0.05, 0.1) is 10.6 Å². The standard InChI is InChI=1S/C18H18N4O4S/c1-11-4-6-14(7-5-11)18-19-15(10-27-18)9-26-16(23)8-21-13(3)17(22(24)25)12(2)20-21/h4-7,10H,8-9H2,1-3H3. The zero-order valence-corrected chi connectivity index (χ0v) is 15.9. The Morgan fingerprint density at radius 3 is 2.59 bits per heavy atom. The third-order valence-electron chi connectivity index (χ3n) is 4.04. The molecule has 8 nitrogen and oxygen atoms in total. The van der Waals surface area contributed by atoms with E-state index >= 15 is 0 Å². The zero-order valence-electron chi connectivity index (χ0n) is 15.1.